The predicted molar refractivity (Wildman–Crippen MR) is 99.1 cm³/mol. The zero-order valence-electron chi connectivity index (χ0n) is 14.8. The zero-order chi connectivity index (χ0) is 16.8. The average Bonchev–Trinajstić information content (AvgIpc) is 2.62. The lowest BCUT2D eigenvalue weighted by molar-refractivity contribution is 0.208. The van der Waals surface area contributed by atoms with E-state index in [0.717, 1.165) is 23.9 Å². The molecule has 0 amide bonds. The second-order valence-corrected chi connectivity index (χ2v) is 7.12. The molecule has 1 aliphatic carbocycles. The first kappa shape index (κ1) is 16.9. The molecular formula is C22H28O2. The molecule has 0 heterocycles. The van der Waals surface area contributed by atoms with Gasteiger partial charge in [0.15, 0.2) is 0 Å². The topological polar surface area (TPSA) is 18.5 Å². The van der Waals surface area contributed by atoms with Crippen LogP contribution in [0.5, 0.6) is 17.2 Å². The second-order valence-electron chi connectivity index (χ2n) is 7.12. The highest BCUT2D eigenvalue weighted by Crippen LogP contribution is 2.28. The van der Waals surface area contributed by atoms with Crippen LogP contribution in [0.25, 0.3) is 0 Å². The van der Waals surface area contributed by atoms with Crippen molar-refractivity contribution in [2.45, 2.75) is 51.9 Å². The summed E-state index contributed by atoms with van der Waals surface area (Å²) in [6.07, 6.45) is 6.69. The van der Waals surface area contributed by atoms with Gasteiger partial charge in [0.1, 0.15) is 17.2 Å². The summed E-state index contributed by atoms with van der Waals surface area (Å²) in [5, 5.41) is 0. The summed E-state index contributed by atoms with van der Waals surface area (Å²) in [5.41, 5.74) is 1.33. The lowest BCUT2D eigenvalue weighted by Crippen LogP contribution is -2.15. The van der Waals surface area contributed by atoms with Crippen LogP contribution < -0.4 is 9.47 Å². The maximum atomic E-state index is 5.99. The van der Waals surface area contributed by atoms with Gasteiger partial charge in [-0.25, -0.2) is 0 Å². The van der Waals surface area contributed by atoms with E-state index >= 15 is 0 Å². The minimum absolute atomic E-state index is 0.538. The van der Waals surface area contributed by atoms with Crippen LogP contribution in [0.15, 0.2) is 48.5 Å². The van der Waals surface area contributed by atoms with Gasteiger partial charge in [-0.3, -0.25) is 0 Å². The normalized spacial score (nSPS) is 15.5. The lowest BCUT2D eigenvalue weighted by Gasteiger charge is -2.21. The van der Waals surface area contributed by atoms with Crippen molar-refractivity contribution in [2.75, 3.05) is 6.61 Å². The van der Waals surface area contributed by atoms with Crippen LogP contribution >= 0.6 is 0 Å². The molecule has 0 spiro atoms. The van der Waals surface area contributed by atoms with Crippen LogP contribution in [0.1, 0.15) is 57.4 Å². The summed E-state index contributed by atoms with van der Waals surface area (Å²) < 4.78 is 12.0. The highest BCUT2D eigenvalue weighted by Gasteiger charge is 2.14. The molecule has 0 bridgehead atoms. The fourth-order valence-electron chi connectivity index (χ4n) is 3.25. The van der Waals surface area contributed by atoms with Crippen molar-refractivity contribution in [1.29, 1.82) is 0 Å². The Hall–Kier alpha value is -1.96. The monoisotopic (exact) mass is 324 g/mol. The highest BCUT2D eigenvalue weighted by atomic mass is 16.5. The largest absolute Gasteiger partial charge is 0.493 e. The molecule has 0 N–H and O–H groups in total. The Labute approximate surface area is 145 Å². The summed E-state index contributed by atoms with van der Waals surface area (Å²) in [5.74, 6) is 3.84. The Morgan fingerprint density at radius 1 is 0.875 bits per heavy atom. The van der Waals surface area contributed by atoms with E-state index in [0.29, 0.717) is 11.8 Å². The van der Waals surface area contributed by atoms with Crippen LogP contribution in [0.2, 0.25) is 0 Å². The third kappa shape index (κ3) is 4.77. The van der Waals surface area contributed by atoms with Crippen molar-refractivity contribution in [3.8, 4) is 17.2 Å². The molecule has 2 nitrogen and oxygen atoms in total. The molecule has 2 aromatic carbocycles. The van der Waals surface area contributed by atoms with Gasteiger partial charge in [0.25, 0.3) is 0 Å². The third-order valence-corrected chi connectivity index (χ3v) is 4.80. The summed E-state index contributed by atoms with van der Waals surface area (Å²) in [6, 6.07) is 16.3. The Balaban J connectivity index is 1.58. The standard InChI is InChI=1S/C22H28O2/c1-17(2)19-11-13-20(14-12-19)24-22-10-6-9-21(15-22)23-16-18-7-4-3-5-8-18/h6,9-15,17-18H,3-5,7-8,16H2,1-2H3. The summed E-state index contributed by atoms with van der Waals surface area (Å²) in [6.45, 7) is 5.22. The number of hydrogen-bond donors (Lipinski definition) is 0. The van der Waals surface area contributed by atoms with Crippen molar-refractivity contribution in [3.63, 3.8) is 0 Å². The fraction of sp³-hybridized carbons (Fsp3) is 0.455. The first-order chi connectivity index (χ1) is 11.7. The van der Waals surface area contributed by atoms with Crippen molar-refractivity contribution in [2.24, 2.45) is 5.92 Å². The third-order valence-electron chi connectivity index (χ3n) is 4.80. The van der Waals surface area contributed by atoms with Gasteiger partial charge in [0, 0.05) is 6.07 Å². The van der Waals surface area contributed by atoms with Crippen molar-refractivity contribution in [1.82, 2.24) is 0 Å². The SMILES string of the molecule is CC(C)c1ccc(Oc2cccc(OCC3CCCCC3)c2)cc1. The molecule has 3 rings (SSSR count). The van der Waals surface area contributed by atoms with E-state index in [9.17, 15) is 0 Å². The summed E-state index contributed by atoms with van der Waals surface area (Å²) in [4.78, 5) is 0. The van der Waals surface area contributed by atoms with Gasteiger partial charge in [0.2, 0.25) is 0 Å². The molecule has 0 aliphatic heterocycles. The van der Waals surface area contributed by atoms with E-state index in [-0.39, 0.29) is 0 Å². The van der Waals surface area contributed by atoms with Gasteiger partial charge in [-0.1, -0.05) is 51.3 Å². The molecule has 1 fully saturated rings. The molecule has 2 heteroatoms. The Morgan fingerprint density at radius 3 is 2.29 bits per heavy atom. The Morgan fingerprint density at radius 2 is 1.58 bits per heavy atom. The first-order valence-electron chi connectivity index (χ1n) is 9.21. The van der Waals surface area contributed by atoms with Crippen LogP contribution in [0, 0.1) is 5.92 Å². The van der Waals surface area contributed by atoms with Crippen molar-refractivity contribution >= 4 is 0 Å². The molecule has 0 radical (unpaired) electrons. The molecule has 0 aromatic heterocycles. The molecule has 0 atom stereocenters. The van der Waals surface area contributed by atoms with E-state index < -0.39 is 0 Å². The fourth-order valence-corrected chi connectivity index (χ4v) is 3.25. The molecule has 0 unspecified atom stereocenters. The second kappa shape index (κ2) is 8.23. The quantitative estimate of drug-likeness (QED) is 0.599. The number of benzene rings is 2. The Kier molecular flexibility index (Phi) is 5.79. The predicted octanol–water partition coefficient (Wildman–Crippen LogP) is 6.56. The molecule has 128 valence electrons. The van der Waals surface area contributed by atoms with Crippen LogP contribution in [0.3, 0.4) is 0 Å². The summed E-state index contributed by atoms with van der Waals surface area (Å²) >= 11 is 0. The van der Waals surface area contributed by atoms with Crippen LogP contribution in [-0.2, 0) is 0 Å². The van der Waals surface area contributed by atoms with Gasteiger partial charge >= 0.3 is 0 Å². The molecule has 2 aromatic rings. The molecule has 0 saturated heterocycles. The number of ether oxygens (including phenoxy) is 2. The Bertz CT molecular complexity index is 625. The van der Waals surface area contributed by atoms with E-state index in [1.807, 2.05) is 36.4 Å². The lowest BCUT2D eigenvalue weighted by atomic mass is 9.90. The maximum absolute atomic E-state index is 5.99. The average molecular weight is 324 g/mol. The van der Waals surface area contributed by atoms with Gasteiger partial charge in [-0.2, -0.15) is 0 Å². The van der Waals surface area contributed by atoms with Gasteiger partial charge in [0.05, 0.1) is 6.61 Å². The van der Waals surface area contributed by atoms with E-state index in [1.54, 1.807) is 0 Å². The highest BCUT2D eigenvalue weighted by molar-refractivity contribution is 5.38. The molecule has 1 saturated carbocycles. The molecular weight excluding hydrogens is 296 g/mol. The van der Waals surface area contributed by atoms with Crippen molar-refractivity contribution < 1.29 is 9.47 Å². The van der Waals surface area contributed by atoms with Gasteiger partial charge in [-0.15, -0.1) is 0 Å². The molecule has 24 heavy (non-hydrogen) atoms. The van der Waals surface area contributed by atoms with Crippen molar-refractivity contribution in [3.05, 3.63) is 54.1 Å². The van der Waals surface area contributed by atoms with Crippen LogP contribution in [0.4, 0.5) is 0 Å². The van der Waals surface area contributed by atoms with E-state index in [1.165, 1.54) is 37.7 Å². The maximum Gasteiger partial charge on any atom is 0.131 e. The van der Waals surface area contributed by atoms with Crippen LogP contribution in [-0.4, -0.2) is 6.61 Å². The minimum Gasteiger partial charge on any atom is -0.493 e. The summed E-state index contributed by atoms with van der Waals surface area (Å²) in [7, 11) is 0. The number of hydrogen-bond acceptors (Lipinski definition) is 2. The molecule has 1 aliphatic rings. The first-order valence-corrected chi connectivity index (χ1v) is 9.21. The van der Waals surface area contributed by atoms with E-state index in [4.69, 9.17) is 9.47 Å². The van der Waals surface area contributed by atoms with Gasteiger partial charge < -0.3 is 9.47 Å². The smallest absolute Gasteiger partial charge is 0.131 e. The number of rotatable bonds is 6. The minimum atomic E-state index is 0.538. The zero-order valence-corrected chi connectivity index (χ0v) is 14.8. The van der Waals surface area contributed by atoms with Gasteiger partial charge in [-0.05, 0) is 54.5 Å². The van der Waals surface area contributed by atoms with E-state index in [2.05, 4.69) is 26.0 Å².